The Kier molecular flexibility index (Phi) is 4.61. The van der Waals surface area contributed by atoms with Crippen LogP contribution in [0.1, 0.15) is 41.4 Å². The van der Waals surface area contributed by atoms with Gasteiger partial charge in [-0.05, 0) is 56.3 Å². The zero-order chi connectivity index (χ0) is 17.1. The van der Waals surface area contributed by atoms with Crippen LogP contribution in [-0.2, 0) is 0 Å². The molecule has 1 atom stereocenters. The molecular formula is C19H22N2O4. The molecule has 1 saturated heterocycles. The van der Waals surface area contributed by atoms with Gasteiger partial charge in [-0.15, -0.1) is 0 Å². The quantitative estimate of drug-likeness (QED) is 0.905. The van der Waals surface area contributed by atoms with Gasteiger partial charge in [0.2, 0.25) is 6.79 Å². The van der Waals surface area contributed by atoms with Crippen molar-refractivity contribution in [1.82, 2.24) is 10.2 Å². The highest BCUT2D eigenvalue weighted by Crippen LogP contribution is 2.32. The second-order valence-corrected chi connectivity index (χ2v) is 6.41. The van der Waals surface area contributed by atoms with Gasteiger partial charge in [0.05, 0.1) is 12.3 Å². The van der Waals surface area contributed by atoms with Gasteiger partial charge in [0.15, 0.2) is 11.5 Å². The fourth-order valence-corrected chi connectivity index (χ4v) is 3.45. The van der Waals surface area contributed by atoms with E-state index in [0.717, 1.165) is 18.8 Å². The minimum absolute atomic E-state index is 0.0632. The smallest absolute Gasteiger partial charge is 0.251 e. The van der Waals surface area contributed by atoms with Crippen molar-refractivity contribution in [3.8, 4) is 11.5 Å². The van der Waals surface area contributed by atoms with Gasteiger partial charge in [-0.25, -0.2) is 0 Å². The third-order valence-corrected chi connectivity index (χ3v) is 4.79. The first-order valence-corrected chi connectivity index (χ1v) is 8.76. The van der Waals surface area contributed by atoms with Crippen molar-refractivity contribution in [2.24, 2.45) is 0 Å². The minimum Gasteiger partial charge on any atom is -0.468 e. The first-order valence-electron chi connectivity index (χ1n) is 8.76. The number of hydrogen-bond donors (Lipinski definition) is 1. The normalized spacial score (nSPS) is 18.1. The molecule has 4 rings (SSSR count). The van der Waals surface area contributed by atoms with E-state index in [1.807, 2.05) is 12.1 Å². The molecule has 25 heavy (non-hydrogen) atoms. The number of benzene rings is 1. The fraction of sp³-hybridized carbons (Fsp3) is 0.421. The van der Waals surface area contributed by atoms with Crippen LogP contribution in [0.3, 0.4) is 0 Å². The van der Waals surface area contributed by atoms with Gasteiger partial charge in [-0.2, -0.15) is 0 Å². The summed E-state index contributed by atoms with van der Waals surface area (Å²) < 4.78 is 16.2. The number of hydrogen-bond acceptors (Lipinski definition) is 5. The summed E-state index contributed by atoms with van der Waals surface area (Å²) in [7, 11) is 0. The number of ether oxygens (including phenoxy) is 2. The molecule has 0 saturated carbocycles. The number of amides is 1. The number of carbonyl (C=O) groups is 1. The maximum atomic E-state index is 12.5. The number of nitrogens with one attached hydrogen (secondary N) is 1. The van der Waals surface area contributed by atoms with E-state index in [4.69, 9.17) is 13.9 Å². The minimum atomic E-state index is -0.119. The first-order chi connectivity index (χ1) is 12.3. The predicted molar refractivity (Wildman–Crippen MR) is 91.8 cm³/mol. The average Bonchev–Trinajstić information content (AvgIpc) is 3.34. The topological polar surface area (TPSA) is 63.9 Å². The summed E-state index contributed by atoms with van der Waals surface area (Å²) in [4.78, 5) is 14.9. The standard InChI is InChI=1S/C19H22N2O4/c22-19(14-6-7-17-18(11-14)25-13-24-17)20-12-15(16-5-4-10-23-16)21-8-2-1-3-9-21/h4-7,10-11,15H,1-3,8-9,12-13H2,(H,20,22)/t15-/m1/s1. The summed E-state index contributed by atoms with van der Waals surface area (Å²) in [6.07, 6.45) is 5.33. The van der Waals surface area contributed by atoms with Gasteiger partial charge in [0, 0.05) is 12.1 Å². The molecule has 0 aliphatic carbocycles. The maximum absolute atomic E-state index is 12.5. The van der Waals surface area contributed by atoms with Gasteiger partial charge < -0.3 is 19.2 Å². The zero-order valence-electron chi connectivity index (χ0n) is 14.1. The van der Waals surface area contributed by atoms with E-state index in [2.05, 4.69) is 10.2 Å². The molecule has 1 N–H and O–H groups in total. The van der Waals surface area contributed by atoms with E-state index in [0.29, 0.717) is 23.6 Å². The van der Waals surface area contributed by atoms with Crippen LogP contribution in [0.15, 0.2) is 41.0 Å². The number of furan rings is 1. The van der Waals surface area contributed by atoms with E-state index in [1.54, 1.807) is 24.5 Å². The summed E-state index contributed by atoms with van der Waals surface area (Å²) in [6, 6.07) is 9.18. The molecule has 1 amide bonds. The molecule has 0 bridgehead atoms. The number of fused-ring (bicyclic) bond motifs is 1. The summed E-state index contributed by atoms with van der Waals surface area (Å²) in [5, 5.41) is 3.04. The highest BCUT2D eigenvalue weighted by atomic mass is 16.7. The second kappa shape index (κ2) is 7.19. The molecule has 1 fully saturated rings. The van der Waals surface area contributed by atoms with E-state index in [-0.39, 0.29) is 18.7 Å². The molecule has 0 spiro atoms. The third-order valence-electron chi connectivity index (χ3n) is 4.79. The molecule has 132 valence electrons. The molecule has 0 radical (unpaired) electrons. The van der Waals surface area contributed by atoms with Crippen LogP contribution in [0.2, 0.25) is 0 Å². The van der Waals surface area contributed by atoms with Crippen LogP contribution in [0.5, 0.6) is 11.5 Å². The molecule has 2 aromatic rings. The summed E-state index contributed by atoms with van der Waals surface area (Å²) in [5.74, 6) is 2.07. The lowest BCUT2D eigenvalue weighted by molar-refractivity contribution is 0.0913. The van der Waals surface area contributed by atoms with Crippen molar-refractivity contribution in [2.45, 2.75) is 25.3 Å². The van der Waals surface area contributed by atoms with Crippen LogP contribution in [0.25, 0.3) is 0 Å². The van der Waals surface area contributed by atoms with E-state index >= 15 is 0 Å². The summed E-state index contributed by atoms with van der Waals surface area (Å²) in [5.41, 5.74) is 0.570. The first kappa shape index (κ1) is 16.0. The SMILES string of the molecule is O=C(NC[C@H](c1ccco1)N1CCCCC1)c1ccc2c(c1)OCO2. The van der Waals surface area contributed by atoms with Crippen molar-refractivity contribution in [3.05, 3.63) is 47.9 Å². The second-order valence-electron chi connectivity index (χ2n) is 6.41. The Morgan fingerprint density at radius 3 is 2.76 bits per heavy atom. The summed E-state index contributed by atoms with van der Waals surface area (Å²) >= 11 is 0. The zero-order valence-corrected chi connectivity index (χ0v) is 14.1. The number of piperidine rings is 1. The van der Waals surface area contributed by atoms with E-state index in [1.165, 1.54) is 19.3 Å². The van der Waals surface area contributed by atoms with Crippen LogP contribution in [0, 0.1) is 0 Å². The predicted octanol–water partition coefficient (Wildman–Crippen LogP) is 2.97. The van der Waals surface area contributed by atoms with Crippen molar-refractivity contribution in [2.75, 3.05) is 26.4 Å². The molecule has 2 aliphatic heterocycles. The Labute approximate surface area is 146 Å². The molecule has 3 heterocycles. The lowest BCUT2D eigenvalue weighted by Gasteiger charge is -2.33. The Hall–Kier alpha value is -2.47. The Morgan fingerprint density at radius 1 is 1.12 bits per heavy atom. The lowest BCUT2D eigenvalue weighted by Crippen LogP contribution is -2.40. The van der Waals surface area contributed by atoms with Crippen molar-refractivity contribution in [3.63, 3.8) is 0 Å². The van der Waals surface area contributed by atoms with Crippen LogP contribution < -0.4 is 14.8 Å². The van der Waals surface area contributed by atoms with Crippen molar-refractivity contribution < 1.29 is 18.7 Å². The Bertz CT molecular complexity index is 723. The molecule has 6 nitrogen and oxygen atoms in total. The molecule has 1 aromatic carbocycles. The number of rotatable bonds is 5. The van der Waals surface area contributed by atoms with Gasteiger partial charge in [0.25, 0.3) is 5.91 Å². The molecule has 2 aliphatic rings. The number of likely N-dealkylation sites (tertiary alicyclic amines) is 1. The van der Waals surface area contributed by atoms with Crippen molar-refractivity contribution >= 4 is 5.91 Å². The lowest BCUT2D eigenvalue weighted by atomic mass is 10.1. The fourth-order valence-electron chi connectivity index (χ4n) is 3.45. The van der Waals surface area contributed by atoms with E-state index in [9.17, 15) is 4.79 Å². The number of carbonyl (C=O) groups excluding carboxylic acids is 1. The Morgan fingerprint density at radius 2 is 1.96 bits per heavy atom. The van der Waals surface area contributed by atoms with Gasteiger partial charge in [-0.1, -0.05) is 6.42 Å². The van der Waals surface area contributed by atoms with Crippen LogP contribution in [-0.4, -0.2) is 37.2 Å². The average molecular weight is 342 g/mol. The molecule has 6 heteroatoms. The van der Waals surface area contributed by atoms with Gasteiger partial charge in [-0.3, -0.25) is 9.69 Å². The monoisotopic (exact) mass is 342 g/mol. The summed E-state index contributed by atoms with van der Waals surface area (Å²) in [6.45, 7) is 2.78. The van der Waals surface area contributed by atoms with E-state index < -0.39 is 0 Å². The molecular weight excluding hydrogens is 320 g/mol. The molecule has 1 aromatic heterocycles. The molecule has 0 unspecified atom stereocenters. The van der Waals surface area contributed by atoms with Crippen LogP contribution >= 0.6 is 0 Å². The number of nitrogens with zero attached hydrogens (tertiary/aromatic N) is 1. The van der Waals surface area contributed by atoms with Gasteiger partial charge >= 0.3 is 0 Å². The van der Waals surface area contributed by atoms with Gasteiger partial charge in [0.1, 0.15) is 5.76 Å². The largest absolute Gasteiger partial charge is 0.468 e. The Balaban J connectivity index is 1.44. The van der Waals surface area contributed by atoms with Crippen LogP contribution in [0.4, 0.5) is 0 Å². The van der Waals surface area contributed by atoms with Crippen molar-refractivity contribution in [1.29, 1.82) is 0 Å². The maximum Gasteiger partial charge on any atom is 0.251 e. The highest BCUT2D eigenvalue weighted by molar-refractivity contribution is 5.94. The third kappa shape index (κ3) is 3.49. The highest BCUT2D eigenvalue weighted by Gasteiger charge is 2.25.